The lowest BCUT2D eigenvalue weighted by molar-refractivity contribution is -0.143. The second-order valence-corrected chi connectivity index (χ2v) is 8.17. The van der Waals surface area contributed by atoms with E-state index < -0.39 is 23.7 Å². The standard InChI is InChI=1S/C22H35NO5/c1-5-6-7-8-9-10-15-23(21(27)28-22(2,3)4)19(20(25)26)16-17-11-13-18(24)14-12-17/h11-14,19,24H,5-10,15-16H2,1-4H3,(H,25,26)/t19-/m1/s1. The fourth-order valence-electron chi connectivity index (χ4n) is 2.94. The van der Waals surface area contributed by atoms with Gasteiger partial charge in [-0.15, -0.1) is 0 Å². The third kappa shape index (κ3) is 9.11. The van der Waals surface area contributed by atoms with Crippen LogP contribution in [0.25, 0.3) is 0 Å². The van der Waals surface area contributed by atoms with Crippen molar-refractivity contribution < 1.29 is 24.5 Å². The van der Waals surface area contributed by atoms with Crippen LogP contribution < -0.4 is 0 Å². The lowest BCUT2D eigenvalue weighted by Crippen LogP contribution is -2.48. The summed E-state index contributed by atoms with van der Waals surface area (Å²) >= 11 is 0. The zero-order valence-electron chi connectivity index (χ0n) is 17.6. The predicted molar refractivity (Wildman–Crippen MR) is 110 cm³/mol. The van der Waals surface area contributed by atoms with E-state index in [2.05, 4.69) is 6.92 Å². The van der Waals surface area contributed by atoms with Crippen molar-refractivity contribution in [2.45, 2.75) is 84.3 Å². The largest absolute Gasteiger partial charge is 0.508 e. The molecule has 0 bridgehead atoms. The fraction of sp³-hybridized carbons (Fsp3) is 0.636. The van der Waals surface area contributed by atoms with Crippen molar-refractivity contribution >= 4 is 12.1 Å². The number of aliphatic carboxylic acids is 1. The van der Waals surface area contributed by atoms with Crippen LogP contribution in [0.15, 0.2) is 24.3 Å². The van der Waals surface area contributed by atoms with E-state index in [1.54, 1.807) is 32.9 Å². The van der Waals surface area contributed by atoms with Crippen molar-refractivity contribution in [1.29, 1.82) is 0 Å². The third-order valence-corrected chi connectivity index (χ3v) is 4.41. The van der Waals surface area contributed by atoms with Gasteiger partial charge in [0.25, 0.3) is 0 Å². The number of amides is 1. The molecule has 0 unspecified atom stereocenters. The fourth-order valence-corrected chi connectivity index (χ4v) is 2.94. The van der Waals surface area contributed by atoms with E-state index in [-0.39, 0.29) is 12.2 Å². The SMILES string of the molecule is CCCCCCCCN(C(=O)OC(C)(C)C)[C@H](Cc1ccc(O)cc1)C(=O)O. The summed E-state index contributed by atoms with van der Waals surface area (Å²) in [5.74, 6) is -0.948. The van der Waals surface area contributed by atoms with Gasteiger partial charge in [-0.05, 0) is 44.9 Å². The number of unbranched alkanes of at least 4 members (excludes halogenated alkanes) is 5. The van der Waals surface area contributed by atoms with Crippen molar-refractivity contribution in [1.82, 2.24) is 4.90 Å². The molecule has 0 aliphatic heterocycles. The number of ether oxygens (including phenoxy) is 1. The van der Waals surface area contributed by atoms with E-state index in [1.807, 2.05) is 0 Å². The Morgan fingerprint density at radius 1 is 1.04 bits per heavy atom. The average molecular weight is 394 g/mol. The molecule has 1 atom stereocenters. The van der Waals surface area contributed by atoms with Gasteiger partial charge in [0.15, 0.2) is 0 Å². The van der Waals surface area contributed by atoms with Gasteiger partial charge in [0, 0.05) is 13.0 Å². The molecule has 0 saturated carbocycles. The van der Waals surface area contributed by atoms with Crippen molar-refractivity contribution in [2.75, 3.05) is 6.54 Å². The highest BCUT2D eigenvalue weighted by atomic mass is 16.6. The molecule has 6 heteroatoms. The number of hydrogen-bond donors (Lipinski definition) is 2. The summed E-state index contributed by atoms with van der Waals surface area (Å²) in [6, 6.07) is 5.35. The summed E-state index contributed by atoms with van der Waals surface area (Å²) in [7, 11) is 0. The van der Waals surface area contributed by atoms with Crippen LogP contribution in [-0.2, 0) is 16.0 Å². The average Bonchev–Trinajstić information content (AvgIpc) is 2.59. The monoisotopic (exact) mass is 393 g/mol. The van der Waals surface area contributed by atoms with E-state index in [0.717, 1.165) is 37.7 Å². The second-order valence-electron chi connectivity index (χ2n) is 8.17. The van der Waals surface area contributed by atoms with Gasteiger partial charge in [-0.3, -0.25) is 4.90 Å². The Bertz CT molecular complexity index is 606. The normalized spacial score (nSPS) is 12.4. The molecular weight excluding hydrogens is 358 g/mol. The van der Waals surface area contributed by atoms with E-state index in [0.29, 0.717) is 6.54 Å². The Hall–Kier alpha value is -2.24. The van der Waals surface area contributed by atoms with Crippen LogP contribution in [-0.4, -0.2) is 45.4 Å². The summed E-state index contributed by atoms with van der Waals surface area (Å²) in [5, 5.41) is 19.2. The smallest absolute Gasteiger partial charge is 0.411 e. The molecule has 1 amide bonds. The number of benzene rings is 1. The van der Waals surface area contributed by atoms with Gasteiger partial charge in [0.1, 0.15) is 17.4 Å². The summed E-state index contributed by atoms with van der Waals surface area (Å²) in [4.78, 5) is 26.0. The van der Waals surface area contributed by atoms with Crippen LogP contribution in [0.4, 0.5) is 4.79 Å². The van der Waals surface area contributed by atoms with Crippen molar-refractivity contribution in [3.8, 4) is 5.75 Å². The van der Waals surface area contributed by atoms with Gasteiger partial charge >= 0.3 is 12.1 Å². The minimum absolute atomic E-state index is 0.117. The first-order chi connectivity index (χ1) is 13.1. The highest BCUT2D eigenvalue weighted by Gasteiger charge is 2.32. The summed E-state index contributed by atoms with van der Waals surface area (Å²) in [6.07, 6.45) is 5.82. The van der Waals surface area contributed by atoms with Gasteiger partial charge in [-0.2, -0.15) is 0 Å². The maximum Gasteiger partial charge on any atom is 0.411 e. The van der Waals surface area contributed by atoms with Crippen LogP contribution in [0.5, 0.6) is 5.75 Å². The molecule has 158 valence electrons. The lowest BCUT2D eigenvalue weighted by Gasteiger charge is -2.31. The number of nitrogens with zero attached hydrogens (tertiary/aromatic N) is 1. The molecule has 6 nitrogen and oxygen atoms in total. The number of phenols is 1. The topological polar surface area (TPSA) is 87.1 Å². The molecule has 1 rings (SSSR count). The van der Waals surface area contributed by atoms with Gasteiger partial charge in [-0.1, -0.05) is 51.2 Å². The molecule has 2 N–H and O–H groups in total. The first-order valence-corrected chi connectivity index (χ1v) is 10.1. The van der Waals surface area contributed by atoms with Crippen molar-refractivity contribution in [2.24, 2.45) is 0 Å². The Kier molecular flexibility index (Phi) is 9.83. The van der Waals surface area contributed by atoms with Gasteiger partial charge in [-0.25, -0.2) is 9.59 Å². The quantitative estimate of drug-likeness (QED) is 0.517. The minimum Gasteiger partial charge on any atom is -0.508 e. The molecule has 0 aromatic heterocycles. The second kappa shape index (κ2) is 11.6. The molecule has 0 saturated heterocycles. The summed E-state index contributed by atoms with van der Waals surface area (Å²) < 4.78 is 5.47. The molecule has 0 spiro atoms. The van der Waals surface area contributed by atoms with Crippen LogP contribution in [0.2, 0.25) is 0 Å². The third-order valence-electron chi connectivity index (χ3n) is 4.41. The van der Waals surface area contributed by atoms with Gasteiger partial charge in [0.2, 0.25) is 0 Å². The highest BCUT2D eigenvalue weighted by molar-refractivity contribution is 5.80. The minimum atomic E-state index is -1.06. The molecule has 28 heavy (non-hydrogen) atoms. The van der Waals surface area contributed by atoms with Crippen LogP contribution >= 0.6 is 0 Å². The van der Waals surface area contributed by atoms with Crippen LogP contribution in [0, 0.1) is 0 Å². The molecule has 0 fully saturated rings. The Morgan fingerprint density at radius 2 is 1.61 bits per heavy atom. The predicted octanol–water partition coefficient (Wildman–Crippen LogP) is 4.99. The molecule has 1 aromatic rings. The van der Waals surface area contributed by atoms with Crippen molar-refractivity contribution in [3.63, 3.8) is 0 Å². The molecule has 1 aromatic carbocycles. The zero-order valence-corrected chi connectivity index (χ0v) is 17.6. The first kappa shape index (κ1) is 23.8. The highest BCUT2D eigenvalue weighted by Crippen LogP contribution is 2.18. The molecule has 0 aliphatic rings. The molecule has 0 aliphatic carbocycles. The van der Waals surface area contributed by atoms with Gasteiger partial charge in [0.05, 0.1) is 0 Å². The Labute approximate surface area is 168 Å². The van der Waals surface area contributed by atoms with E-state index in [4.69, 9.17) is 4.74 Å². The first-order valence-electron chi connectivity index (χ1n) is 10.1. The maximum atomic E-state index is 12.7. The van der Waals surface area contributed by atoms with E-state index in [9.17, 15) is 19.8 Å². The number of carbonyl (C=O) groups is 2. The van der Waals surface area contributed by atoms with Crippen molar-refractivity contribution in [3.05, 3.63) is 29.8 Å². The molecular formula is C22H35NO5. The number of carbonyl (C=O) groups excluding carboxylic acids is 1. The summed E-state index contributed by atoms with van der Waals surface area (Å²) in [6.45, 7) is 7.80. The van der Waals surface area contributed by atoms with E-state index >= 15 is 0 Å². The summed E-state index contributed by atoms with van der Waals surface area (Å²) in [5.41, 5.74) is 0.0413. The lowest BCUT2D eigenvalue weighted by atomic mass is 10.0. The number of aromatic hydroxyl groups is 1. The van der Waals surface area contributed by atoms with Gasteiger partial charge < -0.3 is 14.9 Å². The molecule has 0 radical (unpaired) electrons. The zero-order chi connectivity index (χ0) is 21.2. The van der Waals surface area contributed by atoms with Crippen LogP contribution in [0.1, 0.15) is 71.8 Å². The Morgan fingerprint density at radius 3 is 2.14 bits per heavy atom. The number of carboxylic acid groups (broad SMARTS) is 1. The van der Waals surface area contributed by atoms with Crippen LogP contribution in [0.3, 0.4) is 0 Å². The number of hydrogen-bond acceptors (Lipinski definition) is 4. The Balaban J connectivity index is 2.88. The number of phenolic OH excluding ortho intramolecular Hbond substituents is 1. The molecule has 0 heterocycles. The maximum absolute atomic E-state index is 12.7. The van der Waals surface area contributed by atoms with E-state index in [1.165, 1.54) is 23.5 Å². The number of carboxylic acids is 1. The number of rotatable bonds is 11.